The van der Waals surface area contributed by atoms with Gasteiger partial charge in [-0.05, 0) is 29.8 Å². The van der Waals surface area contributed by atoms with Gasteiger partial charge in [0.05, 0.1) is 0 Å². The lowest BCUT2D eigenvalue weighted by molar-refractivity contribution is 0.104. The lowest BCUT2D eigenvalue weighted by atomic mass is 10.1. The smallest absolute Gasteiger partial charge is 0.189 e. The molecular formula is C16H11ClO2. The quantitative estimate of drug-likeness (QED) is 0.799. The van der Waals surface area contributed by atoms with Gasteiger partial charge in [0.25, 0.3) is 0 Å². The molecule has 1 N–H and O–H groups in total. The van der Waals surface area contributed by atoms with Gasteiger partial charge in [-0.25, -0.2) is 0 Å². The average Bonchev–Trinajstić information content (AvgIpc) is 2.72. The minimum absolute atomic E-state index is 0.0131. The molecule has 0 aromatic heterocycles. The molecule has 0 fully saturated rings. The number of rotatable bonds is 1. The lowest BCUT2D eigenvalue weighted by Crippen LogP contribution is -1.94. The molecule has 0 atom stereocenters. The summed E-state index contributed by atoms with van der Waals surface area (Å²) in [5.74, 6) is 0.172. The first-order chi connectivity index (χ1) is 9.15. The molecule has 0 heterocycles. The van der Waals surface area contributed by atoms with Gasteiger partial charge >= 0.3 is 0 Å². The van der Waals surface area contributed by atoms with Crippen molar-refractivity contribution in [1.82, 2.24) is 0 Å². The van der Waals surface area contributed by atoms with E-state index in [4.69, 9.17) is 11.6 Å². The minimum Gasteiger partial charge on any atom is -0.508 e. The minimum atomic E-state index is -0.0131. The number of halogens is 1. The Morgan fingerprint density at radius 1 is 1.11 bits per heavy atom. The van der Waals surface area contributed by atoms with Gasteiger partial charge in [-0.1, -0.05) is 35.9 Å². The number of fused-ring (bicyclic) bond motifs is 1. The fourth-order valence-electron chi connectivity index (χ4n) is 2.29. The summed E-state index contributed by atoms with van der Waals surface area (Å²) in [6.45, 7) is 0. The van der Waals surface area contributed by atoms with Crippen molar-refractivity contribution in [3.63, 3.8) is 0 Å². The molecule has 0 aliphatic heterocycles. The van der Waals surface area contributed by atoms with E-state index < -0.39 is 0 Å². The standard InChI is InChI=1S/C16H11ClO2/c17-12-6-4-10(5-7-12)8-11-9-14-13(16(11)19)2-1-3-15(14)18/h1-8,18H,9H2/b11-8+. The summed E-state index contributed by atoms with van der Waals surface area (Å²) in [4.78, 5) is 12.2. The van der Waals surface area contributed by atoms with E-state index in [0.29, 0.717) is 28.1 Å². The molecule has 0 radical (unpaired) electrons. The number of carbonyl (C=O) groups is 1. The first kappa shape index (κ1) is 12.0. The zero-order valence-corrected chi connectivity index (χ0v) is 10.8. The van der Waals surface area contributed by atoms with E-state index in [2.05, 4.69) is 0 Å². The number of ketones is 1. The second kappa shape index (κ2) is 4.56. The first-order valence-corrected chi connectivity index (χ1v) is 6.34. The summed E-state index contributed by atoms with van der Waals surface area (Å²) in [5, 5.41) is 10.4. The summed E-state index contributed by atoms with van der Waals surface area (Å²) in [7, 11) is 0. The Morgan fingerprint density at radius 2 is 1.84 bits per heavy atom. The van der Waals surface area contributed by atoms with Crippen LogP contribution < -0.4 is 0 Å². The van der Waals surface area contributed by atoms with Crippen LogP contribution >= 0.6 is 11.6 Å². The van der Waals surface area contributed by atoms with Gasteiger partial charge < -0.3 is 5.11 Å². The topological polar surface area (TPSA) is 37.3 Å². The maximum Gasteiger partial charge on any atom is 0.189 e. The number of phenols is 1. The number of Topliss-reactive ketones (excluding diaryl/α,β-unsaturated/α-hetero) is 1. The molecular weight excluding hydrogens is 260 g/mol. The molecule has 2 aromatic rings. The number of hydrogen-bond donors (Lipinski definition) is 1. The zero-order valence-electron chi connectivity index (χ0n) is 10.1. The third-order valence-corrected chi connectivity index (χ3v) is 3.52. The van der Waals surface area contributed by atoms with Crippen LogP contribution in [-0.2, 0) is 6.42 Å². The Kier molecular flexibility index (Phi) is 2.88. The molecule has 1 aliphatic rings. The van der Waals surface area contributed by atoms with E-state index in [1.54, 1.807) is 30.3 Å². The molecule has 0 unspecified atom stereocenters. The maximum absolute atomic E-state index is 12.2. The summed E-state index contributed by atoms with van der Waals surface area (Å²) in [5.41, 5.74) is 2.94. The van der Waals surface area contributed by atoms with Crippen molar-refractivity contribution >= 4 is 23.5 Å². The number of allylic oxidation sites excluding steroid dienone is 1. The molecule has 2 aromatic carbocycles. The van der Waals surface area contributed by atoms with Crippen LogP contribution in [0.15, 0.2) is 48.0 Å². The molecule has 0 saturated heterocycles. The van der Waals surface area contributed by atoms with E-state index in [1.807, 2.05) is 18.2 Å². The van der Waals surface area contributed by atoms with Crippen LogP contribution in [0, 0.1) is 0 Å². The van der Waals surface area contributed by atoms with Gasteiger partial charge in [-0.15, -0.1) is 0 Å². The third kappa shape index (κ3) is 2.15. The second-order valence-electron chi connectivity index (χ2n) is 4.53. The highest BCUT2D eigenvalue weighted by atomic mass is 35.5. The molecule has 94 valence electrons. The number of phenolic OH excluding ortho intramolecular Hbond substituents is 1. The van der Waals surface area contributed by atoms with Crippen LogP contribution in [0.4, 0.5) is 0 Å². The summed E-state index contributed by atoms with van der Waals surface area (Å²) in [6, 6.07) is 12.4. The Labute approximate surface area is 116 Å². The molecule has 1 aliphatic carbocycles. The van der Waals surface area contributed by atoms with E-state index in [9.17, 15) is 9.90 Å². The summed E-state index contributed by atoms with van der Waals surface area (Å²) in [6.07, 6.45) is 2.32. The average molecular weight is 271 g/mol. The molecule has 3 heteroatoms. The van der Waals surface area contributed by atoms with Crippen LogP contribution in [0.1, 0.15) is 21.5 Å². The molecule has 19 heavy (non-hydrogen) atoms. The molecule has 2 nitrogen and oxygen atoms in total. The van der Waals surface area contributed by atoms with E-state index in [0.717, 1.165) is 5.56 Å². The van der Waals surface area contributed by atoms with Gasteiger partial charge in [0.1, 0.15) is 5.75 Å². The Bertz CT molecular complexity index is 684. The number of aromatic hydroxyl groups is 1. The zero-order chi connectivity index (χ0) is 13.4. The highest BCUT2D eigenvalue weighted by molar-refractivity contribution is 6.30. The Hall–Kier alpha value is -2.06. The fourth-order valence-corrected chi connectivity index (χ4v) is 2.42. The molecule has 0 saturated carbocycles. The number of carbonyl (C=O) groups excluding carboxylic acids is 1. The summed E-state index contributed by atoms with van der Waals surface area (Å²) < 4.78 is 0. The van der Waals surface area contributed by atoms with E-state index >= 15 is 0 Å². The number of benzene rings is 2. The van der Waals surface area contributed by atoms with Gasteiger partial charge in [-0.2, -0.15) is 0 Å². The third-order valence-electron chi connectivity index (χ3n) is 3.27. The van der Waals surface area contributed by atoms with Gasteiger partial charge in [0.15, 0.2) is 5.78 Å². The fraction of sp³-hybridized carbons (Fsp3) is 0.0625. The highest BCUT2D eigenvalue weighted by Gasteiger charge is 2.26. The van der Waals surface area contributed by atoms with Crippen LogP contribution in [0.5, 0.6) is 5.75 Å². The summed E-state index contributed by atoms with van der Waals surface area (Å²) >= 11 is 5.83. The van der Waals surface area contributed by atoms with Crippen LogP contribution in [-0.4, -0.2) is 10.9 Å². The predicted octanol–water partition coefficient (Wildman–Crippen LogP) is 3.87. The Balaban J connectivity index is 2.00. The first-order valence-electron chi connectivity index (χ1n) is 5.97. The normalized spacial score (nSPS) is 15.8. The predicted molar refractivity (Wildman–Crippen MR) is 75.6 cm³/mol. The van der Waals surface area contributed by atoms with Gasteiger partial charge in [0.2, 0.25) is 0 Å². The lowest BCUT2D eigenvalue weighted by Gasteiger charge is -1.98. The van der Waals surface area contributed by atoms with Crippen molar-refractivity contribution < 1.29 is 9.90 Å². The largest absolute Gasteiger partial charge is 0.508 e. The van der Waals surface area contributed by atoms with E-state index in [1.165, 1.54) is 0 Å². The van der Waals surface area contributed by atoms with Crippen molar-refractivity contribution in [1.29, 1.82) is 0 Å². The Morgan fingerprint density at radius 3 is 2.53 bits per heavy atom. The van der Waals surface area contributed by atoms with Crippen molar-refractivity contribution in [2.75, 3.05) is 0 Å². The molecule has 0 bridgehead atoms. The SMILES string of the molecule is O=C1/C(=C/c2ccc(Cl)cc2)Cc2c(O)cccc21. The maximum atomic E-state index is 12.2. The number of hydrogen-bond acceptors (Lipinski definition) is 2. The van der Waals surface area contributed by atoms with Gasteiger partial charge in [-0.3, -0.25) is 4.79 Å². The monoisotopic (exact) mass is 270 g/mol. The molecule has 0 amide bonds. The molecule has 0 spiro atoms. The van der Waals surface area contributed by atoms with E-state index in [-0.39, 0.29) is 11.5 Å². The molecule has 3 rings (SSSR count). The van der Waals surface area contributed by atoms with Crippen molar-refractivity contribution in [2.45, 2.75) is 6.42 Å². The van der Waals surface area contributed by atoms with Gasteiger partial charge in [0, 0.05) is 28.1 Å². The van der Waals surface area contributed by atoms with Crippen LogP contribution in [0.2, 0.25) is 5.02 Å². The van der Waals surface area contributed by atoms with Crippen LogP contribution in [0.3, 0.4) is 0 Å². The van der Waals surface area contributed by atoms with Crippen molar-refractivity contribution in [2.24, 2.45) is 0 Å². The highest BCUT2D eigenvalue weighted by Crippen LogP contribution is 2.33. The second-order valence-corrected chi connectivity index (χ2v) is 4.97. The van der Waals surface area contributed by atoms with Crippen molar-refractivity contribution in [3.8, 4) is 5.75 Å². The van der Waals surface area contributed by atoms with Crippen molar-refractivity contribution in [3.05, 3.63) is 69.8 Å². The van der Waals surface area contributed by atoms with Crippen LogP contribution in [0.25, 0.3) is 6.08 Å².